The van der Waals surface area contributed by atoms with Gasteiger partial charge in [-0.25, -0.2) is 13.6 Å². The molecule has 0 fully saturated rings. The molecule has 6 nitrogen and oxygen atoms in total. The van der Waals surface area contributed by atoms with Crippen LogP contribution in [0, 0.1) is 6.92 Å². The van der Waals surface area contributed by atoms with Gasteiger partial charge in [0.2, 0.25) is 10.0 Å². The molecule has 0 atom stereocenters. The van der Waals surface area contributed by atoms with Gasteiger partial charge in [-0.05, 0) is 47.6 Å². The van der Waals surface area contributed by atoms with Crippen molar-refractivity contribution in [3.63, 3.8) is 0 Å². The van der Waals surface area contributed by atoms with Crippen molar-refractivity contribution < 1.29 is 18.3 Å². The number of benzene rings is 2. The van der Waals surface area contributed by atoms with Crippen molar-refractivity contribution in [2.24, 2.45) is 5.14 Å². The average molecular weight is 419 g/mol. The molecule has 0 bridgehead atoms. The summed E-state index contributed by atoms with van der Waals surface area (Å²) in [4.78, 5) is 12.9. The normalized spacial score (nSPS) is 12.7. The number of carbonyl (C=O) groups excluding carboxylic acids is 1. The summed E-state index contributed by atoms with van der Waals surface area (Å²) >= 11 is 0. The molecule has 7 heteroatoms. The van der Waals surface area contributed by atoms with E-state index in [9.17, 15) is 18.3 Å². The molecule has 0 saturated heterocycles. The van der Waals surface area contributed by atoms with Crippen molar-refractivity contribution >= 4 is 21.6 Å². The van der Waals surface area contributed by atoms with Crippen molar-refractivity contribution in [2.75, 3.05) is 5.32 Å². The van der Waals surface area contributed by atoms with E-state index < -0.39 is 15.9 Å². The molecule has 0 radical (unpaired) electrons. The standard InChI is InChI=1S/C22H30N2O4S/c1-13-8-9-15(12-18(13)29(23,27)28)24-20(26)14-10-16(21(2,3)4)19(25)17(11-14)22(5,6)7/h8-12,25H,1-7H3,(H,24,26)(H2,23,27,28). The summed E-state index contributed by atoms with van der Waals surface area (Å²) < 4.78 is 23.5. The summed E-state index contributed by atoms with van der Waals surface area (Å²) in [5.41, 5.74) is 1.81. The number of phenols is 1. The number of sulfonamides is 1. The molecule has 0 saturated carbocycles. The van der Waals surface area contributed by atoms with E-state index in [1.165, 1.54) is 6.07 Å². The first-order valence-electron chi connectivity index (χ1n) is 9.34. The van der Waals surface area contributed by atoms with Crippen LogP contribution in [-0.4, -0.2) is 19.4 Å². The number of nitrogens with one attached hydrogen (secondary N) is 1. The smallest absolute Gasteiger partial charge is 0.255 e. The maximum absolute atomic E-state index is 13.0. The highest BCUT2D eigenvalue weighted by molar-refractivity contribution is 7.89. The van der Waals surface area contributed by atoms with Crippen LogP contribution in [0.1, 0.15) is 68.6 Å². The average Bonchev–Trinajstić information content (AvgIpc) is 2.53. The molecule has 0 unspecified atom stereocenters. The van der Waals surface area contributed by atoms with Gasteiger partial charge in [-0.1, -0.05) is 47.6 Å². The van der Waals surface area contributed by atoms with Gasteiger partial charge in [0.25, 0.3) is 5.91 Å². The molecule has 0 heterocycles. The number of hydrogen-bond acceptors (Lipinski definition) is 4. The van der Waals surface area contributed by atoms with E-state index in [0.29, 0.717) is 27.9 Å². The minimum atomic E-state index is -3.90. The Morgan fingerprint density at radius 2 is 1.45 bits per heavy atom. The lowest BCUT2D eigenvalue weighted by Gasteiger charge is -2.28. The van der Waals surface area contributed by atoms with Crippen molar-refractivity contribution in [1.82, 2.24) is 0 Å². The zero-order valence-corrected chi connectivity index (χ0v) is 18.9. The highest BCUT2D eigenvalue weighted by Gasteiger charge is 2.28. The third-order valence-corrected chi connectivity index (χ3v) is 5.79. The number of primary sulfonamides is 1. The number of aryl methyl sites for hydroxylation is 1. The van der Waals surface area contributed by atoms with E-state index in [1.54, 1.807) is 31.2 Å². The fourth-order valence-electron chi connectivity index (χ4n) is 3.10. The molecule has 0 aliphatic rings. The Morgan fingerprint density at radius 1 is 0.966 bits per heavy atom. The molecule has 0 aliphatic heterocycles. The van der Waals surface area contributed by atoms with Gasteiger partial charge < -0.3 is 10.4 Å². The summed E-state index contributed by atoms with van der Waals surface area (Å²) in [5.74, 6) is -0.210. The first kappa shape index (κ1) is 22.9. The third kappa shape index (κ3) is 5.16. The van der Waals surface area contributed by atoms with E-state index in [0.717, 1.165) is 0 Å². The second-order valence-corrected chi connectivity index (χ2v) is 10.9. The summed E-state index contributed by atoms with van der Waals surface area (Å²) in [7, 11) is -3.90. The number of nitrogens with two attached hydrogens (primary N) is 1. The van der Waals surface area contributed by atoms with Gasteiger partial charge in [0.1, 0.15) is 5.75 Å². The van der Waals surface area contributed by atoms with Crippen LogP contribution in [-0.2, 0) is 20.9 Å². The summed E-state index contributed by atoms with van der Waals surface area (Å²) in [6, 6.07) is 7.91. The van der Waals surface area contributed by atoms with E-state index in [4.69, 9.17) is 5.14 Å². The zero-order chi connectivity index (χ0) is 22.4. The van der Waals surface area contributed by atoms with Gasteiger partial charge in [0.05, 0.1) is 4.90 Å². The molecule has 2 rings (SSSR count). The summed E-state index contributed by atoms with van der Waals surface area (Å²) in [6.07, 6.45) is 0. The van der Waals surface area contributed by atoms with Crippen LogP contribution >= 0.6 is 0 Å². The minimum Gasteiger partial charge on any atom is -0.507 e. The Kier molecular flexibility index (Phi) is 5.89. The highest BCUT2D eigenvalue weighted by Crippen LogP contribution is 2.39. The number of carbonyl (C=O) groups is 1. The molecular weight excluding hydrogens is 388 g/mol. The Morgan fingerprint density at radius 3 is 1.86 bits per heavy atom. The van der Waals surface area contributed by atoms with Crippen LogP contribution in [0.5, 0.6) is 5.75 Å². The molecule has 2 aromatic rings. The van der Waals surface area contributed by atoms with Crippen molar-refractivity contribution in [3.8, 4) is 5.75 Å². The number of hydrogen-bond donors (Lipinski definition) is 3. The molecule has 1 amide bonds. The molecule has 0 aromatic heterocycles. The van der Waals surface area contributed by atoms with E-state index in [-0.39, 0.29) is 21.5 Å². The largest absolute Gasteiger partial charge is 0.507 e. The SMILES string of the molecule is Cc1ccc(NC(=O)c2cc(C(C)(C)C)c(O)c(C(C)(C)C)c2)cc1S(N)(=O)=O. The number of rotatable bonds is 3. The number of anilines is 1. The number of aromatic hydroxyl groups is 1. The Balaban J connectivity index is 2.54. The molecule has 0 spiro atoms. The highest BCUT2D eigenvalue weighted by atomic mass is 32.2. The molecule has 4 N–H and O–H groups in total. The summed E-state index contributed by atoms with van der Waals surface area (Å²) in [6.45, 7) is 13.4. The third-order valence-electron chi connectivity index (χ3n) is 4.74. The number of phenolic OH excluding ortho intramolecular Hbond substituents is 1. The topological polar surface area (TPSA) is 109 Å². The van der Waals surface area contributed by atoms with Crippen molar-refractivity contribution in [3.05, 3.63) is 52.6 Å². The maximum atomic E-state index is 13.0. The fraction of sp³-hybridized carbons (Fsp3) is 0.409. The second-order valence-electron chi connectivity index (χ2n) is 9.40. The molecule has 29 heavy (non-hydrogen) atoms. The van der Waals surface area contributed by atoms with E-state index >= 15 is 0 Å². The lowest BCUT2D eigenvalue weighted by molar-refractivity contribution is 0.102. The van der Waals surface area contributed by atoms with Crippen LogP contribution < -0.4 is 10.5 Å². The van der Waals surface area contributed by atoms with E-state index in [2.05, 4.69) is 5.32 Å². The summed E-state index contributed by atoms with van der Waals surface area (Å²) in [5, 5.41) is 18.8. The first-order chi connectivity index (χ1) is 13.0. The Bertz CT molecular complexity index is 1020. The van der Waals surface area contributed by atoms with Gasteiger partial charge in [0.15, 0.2) is 0 Å². The van der Waals surface area contributed by atoms with Gasteiger partial charge in [-0.3, -0.25) is 4.79 Å². The van der Waals surface area contributed by atoms with Gasteiger partial charge >= 0.3 is 0 Å². The van der Waals surface area contributed by atoms with Gasteiger partial charge in [-0.15, -0.1) is 0 Å². The minimum absolute atomic E-state index is 0.0354. The Labute approximate surface area is 173 Å². The lowest BCUT2D eigenvalue weighted by Crippen LogP contribution is -2.21. The number of amides is 1. The molecule has 2 aromatic carbocycles. The van der Waals surface area contributed by atoms with Crippen LogP contribution in [0.4, 0.5) is 5.69 Å². The zero-order valence-electron chi connectivity index (χ0n) is 18.0. The predicted octanol–water partition coefficient (Wildman–Crippen LogP) is 4.20. The Hall–Kier alpha value is -2.38. The lowest BCUT2D eigenvalue weighted by atomic mass is 9.78. The monoisotopic (exact) mass is 418 g/mol. The van der Waals surface area contributed by atoms with Crippen LogP contribution in [0.25, 0.3) is 0 Å². The van der Waals surface area contributed by atoms with Crippen molar-refractivity contribution in [2.45, 2.75) is 64.2 Å². The van der Waals surface area contributed by atoms with Gasteiger partial charge in [0, 0.05) is 22.4 Å². The van der Waals surface area contributed by atoms with Crippen molar-refractivity contribution in [1.29, 1.82) is 0 Å². The van der Waals surface area contributed by atoms with Crippen LogP contribution in [0.15, 0.2) is 35.2 Å². The quantitative estimate of drug-likeness (QED) is 0.694. The first-order valence-corrected chi connectivity index (χ1v) is 10.9. The maximum Gasteiger partial charge on any atom is 0.255 e. The molecular formula is C22H30N2O4S. The molecule has 158 valence electrons. The van der Waals surface area contributed by atoms with E-state index in [1.807, 2.05) is 41.5 Å². The fourth-order valence-corrected chi connectivity index (χ4v) is 3.90. The van der Waals surface area contributed by atoms with Crippen LogP contribution in [0.2, 0.25) is 0 Å². The van der Waals surface area contributed by atoms with Crippen LogP contribution in [0.3, 0.4) is 0 Å². The molecule has 0 aliphatic carbocycles. The van der Waals surface area contributed by atoms with Gasteiger partial charge in [-0.2, -0.15) is 0 Å². The predicted molar refractivity (Wildman–Crippen MR) is 116 cm³/mol. The second kappa shape index (κ2) is 7.46.